The van der Waals surface area contributed by atoms with E-state index in [1.807, 2.05) is 24.3 Å². The highest BCUT2D eigenvalue weighted by Crippen LogP contribution is 2.21. The molecule has 0 saturated carbocycles. The van der Waals surface area contributed by atoms with Crippen molar-refractivity contribution in [3.8, 4) is 0 Å². The molecule has 2 aromatic carbocycles. The Morgan fingerprint density at radius 1 is 1.20 bits per heavy atom. The van der Waals surface area contributed by atoms with Crippen LogP contribution in [0.5, 0.6) is 0 Å². The molecule has 0 spiro atoms. The first kappa shape index (κ1) is 17.2. The van der Waals surface area contributed by atoms with Crippen LogP contribution in [0.25, 0.3) is 0 Å². The van der Waals surface area contributed by atoms with E-state index in [-0.39, 0.29) is 5.56 Å². The second-order valence-corrected chi connectivity index (χ2v) is 6.42. The molecule has 0 aliphatic rings. The average Bonchev–Trinajstić information content (AvgIpc) is 3.07. The molecule has 6 nitrogen and oxygen atoms in total. The molecule has 0 aliphatic heterocycles. The van der Waals surface area contributed by atoms with Crippen LogP contribution in [0, 0.1) is 0 Å². The Labute approximate surface area is 153 Å². The van der Waals surface area contributed by atoms with E-state index in [0.29, 0.717) is 10.2 Å². The van der Waals surface area contributed by atoms with Crippen LogP contribution in [0.2, 0.25) is 5.02 Å². The molecule has 0 bridgehead atoms. The Kier molecular flexibility index (Phi) is 5.47. The fourth-order valence-corrected chi connectivity index (χ4v) is 2.91. The summed E-state index contributed by atoms with van der Waals surface area (Å²) in [5.41, 5.74) is 2.14. The van der Waals surface area contributed by atoms with Gasteiger partial charge in [0.1, 0.15) is 6.33 Å². The molecule has 0 radical (unpaired) electrons. The van der Waals surface area contributed by atoms with Crippen LogP contribution in [0.4, 0.5) is 0 Å². The van der Waals surface area contributed by atoms with Gasteiger partial charge in [-0.3, -0.25) is 0 Å². The lowest BCUT2D eigenvalue weighted by atomic mass is 10.1. The summed E-state index contributed by atoms with van der Waals surface area (Å²) >= 11 is 7.39. The van der Waals surface area contributed by atoms with Crippen molar-refractivity contribution in [1.29, 1.82) is 0 Å². The summed E-state index contributed by atoms with van der Waals surface area (Å²) in [6, 6.07) is 14.1. The molecule has 0 unspecified atom stereocenters. The largest absolute Gasteiger partial charge is 0.478 e. The lowest BCUT2D eigenvalue weighted by Gasteiger charge is -2.02. The van der Waals surface area contributed by atoms with E-state index in [9.17, 15) is 4.79 Å². The van der Waals surface area contributed by atoms with Gasteiger partial charge in [-0.25, -0.2) is 4.79 Å². The number of nitrogens with zero attached hydrogens (tertiary/aromatic N) is 4. The molecule has 0 fully saturated rings. The van der Waals surface area contributed by atoms with Crippen LogP contribution in [0.15, 0.2) is 65.1 Å². The standard InChI is InChI=1S/C17H13ClN4O2S/c18-15-7-3-13(4-8-15)10-25-17-21-19-11-22(17)20-9-12-1-5-14(6-2-12)16(23)24/h1-9,11H,10H2,(H,23,24)/b20-9+. The first-order chi connectivity index (χ1) is 12.1. The number of carboxylic acid groups (broad SMARTS) is 1. The Hall–Kier alpha value is -2.64. The number of aromatic carboxylic acids is 1. The van der Waals surface area contributed by atoms with Gasteiger partial charge in [0.25, 0.3) is 0 Å². The van der Waals surface area contributed by atoms with Crippen molar-refractivity contribution in [2.75, 3.05) is 0 Å². The molecule has 1 aromatic heterocycles. The van der Waals surface area contributed by atoms with Crippen molar-refractivity contribution < 1.29 is 9.90 Å². The van der Waals surface area contributed by atoms with Crippen LogP contribution in [0.1, 0.15) is 21.5 Å². The van der Waals surface area contributed by atoms with Crippen molar-refractivity contribution in [2.45, 2.75) is 10.9 Å². The predicted octanol–water partition coefficient (Wildman–Crippen LogP) is 3.80. The molecule has 0 saturated heterocycles. The third-order valence-corrected chi connectivity index (χ3v) is 4.53. The van der Waals surface area contributed by atoms with Crippen LogP contribution in [-0.4, -0.2) is 32.2 Å². The highest BCUT2D eigenvalue weighted by Gasteiger charge is 2.05. The summed E-state index contributed by atoms with van der Waals surface area (Å²) in [6.45, 7) is 0. The molecule has 8 heteroatoms. The maximum atomic E-state index is 10.8. The number of benzene rings is 2. The Morgan fingerprint density at radius 3 is 2.60 bits per heavy atom. The minimum absolute atomic E-state index is 0.237. The molecule has 1 N–H and O–H groups in total. The van der Waals surface area contributed by atoms with E-state index >= 15 is 0 Å². The third-order valence-electron chi connectivity index (χ3n) is 3.27. The van der Waals surface area contributed by atoms with Gasteiger partial charge in [-0.1, -0.05) is 47.6 Å². The molecule has 3 rings (SSSR count). The second kappa shape index (κ2) is 7.96. The number of carbonyl (C=O) groups is 1. The first-order valence-electron chi connectivity index (χ1n) is 7.27. The molecule has 25 heavy (non-hydrogen) atoms. The number of hydrogen-bond acceptors (Lipinski definition) is 5. The molecule has 126 valence electrons. The predicted molar refractivity (Wildman–Crippen MR) is 97.4 cm³/mol. The molecular weight excluding hydrogens is 360 g/mol. The second-order valence-electron chi connectivity index (χ2n) is 5.04. The van der Waals surface area contributed by atoms with Gasteiger partial charge in [-0.05, 0) is 35.4 Å². The number of carboxylic acids is 1. The monoisotopic (exact) mass is 372 g/mol. The fourth-order valence-electron chi connectivity index (χ4n) is 1.96. The van der Waals surface area contributed by atoms with Crippen molar-refractivity contribution in [2.24, 2.45) is 5.10 Å². The molecule has 1 heterocycles. The van der Waals surface area contributed by atoms with Crippen LogP contribution in [0.3, 0.4) is 0 Å². The average molecular weight is 373 g/mol. The molecule has 0 aliphatic carbocycles. The maximum absolute atomic E-state index is 10.8. The first-order valence-corrected chi connectivity index (χ1v) is 8.63. The Bertz CT molecular complexity index is 892. The van der Waals surface area contributed by atoms with E-state index in [2.05, 4.69) is 15.3 Å². The quantitative estimate of drug-likeness (QED) is 0.525. The summed E-state index contributed by atoms with van der Waals surface area (Å²) in [5, 5.41) is 22.5. The van der Waals surface area contributed by atoms with Gasteiger partial charge in [0.15, 0.2) is 0 Å². The molecule has 0 amide bonds. The van der Waals surface area contributed by atoms with Gasteiger partial charge in [0, 0.05) is 10.8 Å². The van der Waals surface area contributed by atoms with E-state index in [1.165, 1.54) is 30.2 Å². The molecule has 3 aromatic rings. The fraction of sp³-hybridized carbons (Fsp3) is 0.0588. The van der Waals surface area contributed by atoms with Gasteiger partial charge in [-0.15, -0.1) is 10.2 Å². The lowest BCUT2D eigenvalue weighted by molar-refractivity contribution is 0.0697. The number of halogens is 1. The maximum Gasteiger partial charge on any atom is 0.335 e. The van der Waals surface area contributed by atoms with E-state index in [1.54, 1.807) is 23.0 Å². The summed E-state index contributed by atoms with van der Waals surface area (Å²) in [6.07, 6.45) is 3.15. The highest BCUT2D eigenvalue weighted by molar-refractivity contribution is 7.98. The third kappa shape index (κ3) is 4.68. The van der Waals surface area contributed by atoms with Gasteiger partial charge < -0.3 is 5.11 Å². The minimum Gasteiger partial charge on any atom is -0.478 e. The zero-order valence-electron chi connectivity index (χ0n) is 12.9. The van der Waals surface area contributed by atoms with Crippen molar-refractivity contribution >= 4 is 35.5 Å². The topological polar surface area (TPSA) is 80.4 Å². The SMILES string of the molecule is O=C(O)c1ccc(/C=N/n2cnnc2SCc2ccc(Cl)cc2)cc1. The van der Waals surface area contributed by atoms with Gasteiger partial charge >= 0.3 is 5.97 Å². The number of hydrogen-bond donors (Lipinski definition) is 1. The Morgan fingerprint density at radius 2 is 1.92 bits per heavy atom. The highest BCUT2D eigenvalue weighted by atomic mass is 35.5. The minimum atomic E-state index is -0.955. The summed E-state index contributed by atoms with van der Waals surface area (Å²) in [7, 11) is 0. The van der Waals surface area contributed by atoms with Crippen LogP contribution >= 0.6 is 23.4 Å². The van der Waals surface area contributed by atoms with Crippen molar-refractivity contribution in [1.82, 2.24) is 14.9 Å². The zero-order chi connectivity index (χ0) is 17.6. The van der Waals surface area contributed by atoms with Crippen molar-refractivity contribution in [3.63, 3.8) is 0 Å². The number of rotatable bonds is 6. The molecule has 0 atom stereocenters. The van der Waals surface area contributed by atoms with Crippen LogP contribution < -0.4 is 0 Å². The van der Waals surface area contributed by atoms with E-state index in [4.69, 9.17) is 16.7 Å². The van der Waals surface area contributed by atoms with Gasteiger partial charge in [-0.2, -0.15) is 9.78 Å². The molecular formula is C17H13ClN4O2S. The number of aromatic nitrogens is 3. The van der Waals surface area contributed by atoms with Crippen LogP contribution in [-0.2, 0) is 5.75 Å². The number of thioether (sulfide) groups is 1. The Balaban J connectivity index is 1.66. The normalized spacial score (nSPS) is 11.1. The summed E-state index contributed by atoms with van der Waals surface area (Å²) in [5.74, 6) is -0.234. The zero-order valence-corrected chi connectivity index (χ0v) is 14.5. The van der Waals surface area contributed by atoms with Crippen molar-refractivity contribution in [3.05, 3.63) is 76.6 Å². The smallest absolute Gasteiger partial charge is 0.335 e. The summed E-state index contributed by atoms with van der Waals surface area (Å²) < 4.78 is 1.58. The van der Waals surface area contributed by atoms with E-state index in [0.717, 1.165) is 16.9 Å². The van der Waals surface area contributed by atoms with Gasteiger partial charge in [0.05, 0.1) is 11.8 Å². The van der Waals surface area contributed by atoms with E-state index < -0.39 is 5.97 Å². The van der Waals surface area contributed by atoms with Gasteiger partial charge in [0.2, 0.25) is 5.16 Å². The summed E-state index contributed by atoms with van der Waals surface area (Å²) in [4.78, 5) is 10.8. The lowest BCUT2D eigenvalue weighted by Crippen LogP contribution is -1.96.